The molecule has 16 heavy (non-hydrogen) atoms. The molecule has 1 N–H and O–H groups in total. The second kappa shape index (κ2) is 3.30. The van der Waals surface area contributed by atoms with Gasteiger partial charge in [-0.3, -0.25) is 0 Å². The van der Waals surface area contributed by atoms with Crippen molar-refractivity contribution in [3.05, 3.63) is 29.7 Å². The molecule has 0 aliphatic carbocycles. The summed E-state index contributed by atoms with van der Waals surface area (Å²) < 4.78 is 1.80. The monoisotopic (exact) mass is 251 g/mol. The smallest absolute Gasteiger partial charge is 0.171 e. The van der Waals surface area contributed by atoms with Crippen molar-refractivity contribution in [2.75, 3.05) is 0 Å². The zero-order chi connectivity index (χ0) is 11.3. The van der Waals surface area contributed by atoms with Crippen LogP contribution in [0, 0.1) is 0 Å². The van der Waals surface area contributed by atoms with Gasteiger partial charge in [-0.2, -0.15) is 0 Å². The van der Waals surface area contributed by atoms with Gasteiger partial charge in [0.2, 0.25) is 0 Å². The van der Waals surface area contributed by atoms with Crippen LogP contribution in [-0.2, 0) is 0 Å². The van der Waals surface area contributed by atoms with E-state index in [2.05, 4.69) is 19.4 Å². The van der Waals surface area contributed by atoms with Crippen LogP contribution in [-0.4, -0.2) is 19.4 Å². The molecule has 6 heteroatoms. The molecule has 80 valence electrons. The highest BCUT2D eigenvalue weighted by atomic mass is 35.5. The second-order valence-electron chi connectivity index (χ2n) is 3.40. The van der Waals surface area contributed by atoms with Crippen molar-refractivity contribution in [2.45, 2.75) is 0 Å². The number of rotatable bonds is 0. The van der Waals surface area contributed by atoms with E-state index in [1.165, 1.54) is 0 Å². The lowest BCUT2D eigenvalue weighted by atomic mass is 10.2. The maximum atomic E-state index is 9.92. The SMILES string of the molecule is Oc1c(Cl)ncc2c1c1cccnc1n2P. The van der Waals surface area contributed by atoms with Crippen molar-refractivity contribution < 1.29 is 5.11 Å². The number of aromatic nitrogens is 3. The van der Waals surface area contributed by atoms with Crippen molar-refractivity contribution in [2.24, 2.45) is 0 Å². The minimum Gasteiger partial charge on any atom is -0.504 e. The Bertz CT molecular complexity index is 710. The summed E-state index contributed by atoms with van der Waals surface area (Å²) in [5, 5.41) is 11.6. The lowest BCUT2D eigenvalue weighted by Gasteiger charge is -1.98. The number of pyridine rings is 2. The Morgan fingerprint density at radius 3 is 3.00 bits per heavy atom. The van der Waals surface area contributed by atoms with Crippen LogP contribution in [0.4, 0.5) is 0 Å². The lowest BCUT2D eigenvalue weighted by Crippen LogP contribution is -1.82. The first-order chi connectivity index (χ1) is 7.70. The summed E-state index contributed by atoms with van der Waals surface area (Å²) in [5.41, 5.74) is 1.54. The molecule has 0 saturated carbocycles. The molecule has 0 aromatic carbocycles. The second-order valence-corrected chi connectivity index (χ2v) is 4.28. The third-order valence-electron chi connectivity index (χ3n) is 2.53. The Labute approximate surface area is 98.1 Å². The van der Waals surface area contributed by atoms with Crippen LogP contribution < -0.4 is 0 Å². The van der Waals surface area contributed by atoms with Crippen molar-refractivity contribution in [3.63, 3.8) is 0 Å². The van der Waals surface area contributed by atoms with E-state index >= 15 is 0 Å². The van der Waals surface area contributed by atoms with Gasteiger partial charge in [0, 0.05) is 11.6 Å². The molecule has 3 rings (SSSR count). The highest BCUT2D eigenvalue weighted by Crippen LogP contribution is 2.37. The van der Waals surface area contributed by atoms with E-state index in [1.807, 2.05) is 12.1 Å². The number of hydrogen-bond donors (Lipinski definition) is 1. The highest BCUT2D eigenvalue weighted by molar-refractivity contribution is 7.15. The molecule has 0 aliphatic rings. The fraction of sp³-hybridized carbons (Fsp3) is 0. The van der Waals surface area contributed by atoms with E-state index in [9.17, 15) is 5.11 Å². The molecule has 4 nitrogen and oxygen atoms in total. The summed E-state index contributed by atoms with van der Waals surface area (Å²) in [6.45, 7) is 0. The molecule has 1 atom stereocenters. The van der Waals surface area contributed by atoms with E-state index in [1.54, 1.807) is 16.7 Å². The maximum Gasteiger partial charge on any atom is 0.171 e. The molecule has 0 radical (unpaired) electrons. The molecule has 3 aromatic rings. The predicted molar refractivity (Wildman–Crippen MR) is 66.8 cm³/mol. The number of halogens is 1. The topological polar surface area (TPSA) is 50.9 Å². The van der Waals surface area contributed by atoms with Gasteiger partial charge in [0.25, 0.3) is 0 Å². The fourth-order valence-electron chi connectivity index (χ4n) is 1.81. The van der Waals surface area contributed by atoms with E-state index in [0.29, 0.717) is 5.39 Å². The lowest BCUT2D eigenvalue weighted by molar-refractivity contribution is 0.480. The van der Waals surface area contributed by atoms with Crippen molar-refractivity contribution in [3.8, 4) is 5.75 Å². The first-order valence-electron chi connectivity index (χ1n) is 4.58. The van der Waals surface area contributed by atoms with Gasteiger partial charge in [0.15, 0.2) is 10.9 Å². The van der Waals surface area contributed by atoms with Gasteiger partial charge in [0.05, 0.1) is 17.1 Å². The van der Waals surface area contributed by atoms with Crippen molar-refractivity contribution >= 4 is 42.9 Å². The summed E-state index contributed by atoms with van der Waals surface area (Å²) in [7, 11) is 2.54. The largest absolute Gasteiger partial charge is 0.504 e. The van der Waals surface area contributed by atoms with Crippen LogP contribution in [0.2, 0.25) is 5.15 Å². The number of fused-ring (bicyclic) bond motifs is 3. The Hall–Kier alpha value is -1.38. The molecule has 1 unspecified atom stereocenters. The molecule has 0 spiro atoms. The van der Waals surface area contributed by atoms with E-state index in [0.717, 1.165) is 16.6 Å². The highest BCUT2D eigenvalue weighted by Gasteiger charge is 2.15. The van der Waals surface area contributed by atoms with Gasteiger partial charge in [-0.25, -0.2) is 9.97 Å². The average molecular weight is 252 g/mol. The van der Waals surface area contributed by atoms with Gasteiger partial charge < -0.3 is 9.44 Å². The molecular formula is C10H7ClN3OP. The summed E-state index contributed by atoms with van der Waals surface area (Å²) in [6, 6.07) is 3.71. The number of hydrogen-bond acceptors (Lipinski definition) is 3. The summed E-state index contributed by atoms with van der Waals surface area (Å²) in [5.74, 6) is -0.00151. The fourth-order valence-corrected chi connectivity index (χ4v) is 2.36. The molecule has 0 amide bonds. The standard InChI is InChI=1S/C10H7ClN3OP/c11-9-8(15)7-5-2-1-3-12-10(5)14(16)6(7)4-13-9/h1-4,15H,16H2. The first kappa shape index (κ1) is 9.82. The molecule has 0 saturated heterocycles. The quantitative estimate of drug-likeness (QED) is 0.493. The molecule has 3 aromatic heterocycles. The van der Waals surface area contributed by atoms with Crippen LogP contribution in [0.1, 0.15) is 0 Å². The third-order valence-corrected chi connectivity index (χ3v) is 3.33. The Balaban J connectivity index is 2.68. The summed E-state index contributed by atoms with van der Waals surface area (Å²) >= 11 is 5.80. The summed E-state index contributed by atoms with van der Waals surface area (Å²) in [4.78, 5) is 8.17. The van der Waals surface area contributed by atoms with Crippen LogP contribution >= 0.6 is 21.0 Å². The van der Waals surface area contributed by atoms with Gasteiger partial charge in [0.1, 0.15) is 5.65 Å². The van der Waals surface area contributed by atoms with Crippen LogP contribution in [0.25, 0.3) is 21.9 Å². The van der Waals surface area contributed by atoms with E-state index in [-0.39, 0.29) is 10.9 Å². The minimum atomic E-state index is -0.00151. The molecule has 0 bridgehead atoms. The normalized spacial score (nSPS) is 11.4. The number of aromatic hydroxyl groups is 1. The minimum absolute atomic E-state index is 0.00151. The van der Waals surface area contributed by atoms with E-state index in [4.69, 9.17) is 11.6 Å². The molecular weight excluding hydrogens is 245 g/mol. The molecule has 3 heterocycles. The van der Waals surface area contributed by atoms with Gasteiger partial charge in [-0.05, 0) is 21.5 Å². The van der Waals surface area contributed by atoms with E-state index < -0.39 is 0 Å². The predicted octanol–water partition coefficient (Wildman–Crippen LogP) is 2.58. The zero-order valence-electron chi connectivity index (χ0n) is 8.05. The van der Waals surface area contributed by atoms with Crippen molar-refractivity contribution in [1.29, 1.82) is 0 Å². The maximum absolute atomic E-state index is 9.92. The Morgan fingerprint density at radius 2 is 2.19 bits per heavy atom. The molecule has 0 aliphatic heterocycles. The Morgan fingerprint density at radius 1 is 1.38 bits per heavy atom. The van der Waals surface area contributed by atoms with Crippen LogP contribution in [0.3, 0.4) is 0 Å². The van der Waals surface area contributed by atoms with Crippen LogP contribution in [0.5, 0.6) is 5.75 Å². The zero-order valence-corrected chi connectivity index (χ0v) is 9.96. The van der Waals surface area contributed by atoms with Gasteiger partial charge in [-0.1, -0.05) is 11.6 Å². The van der Waals surface area contributed by atoms with Gasteiger partial charge in [-0.15, -0.1) is 0 Å². The molecule has 0 fully saturated rings. The number of nitrogens with zero attached hydrogens (tertiary/aromatic N) is 3. The van der Waals surface area contributed by atoms with Crippen LogP contribution in [0.15, 0.2) is 24.5 Å². The van der Waals surface area contributed by atoms with Crippen molar-refractivity contribution in [1.82, 2.24) is 14.3 Å². The first-order valence-corrected chi connectivity index (χ1v) is 5.47. The Kier molecular flexibility index (Phi) is 2.03. The van der Waals surface area contributed by atoms with Gasteiger partial charge >= 0.3 is 0 Å². The summed E-state index contributed by atoms with van der Waals surface area (Å²) in [6.07, 6.45) is 3.32. The average Bonchev–Trinajstić information content (AvgIpc) is 2.59. The third kappa shape index (κ3) is 1.14.